The fraction of sp³-hybridized carbons (Fsp3) is 1.00. The third kappa shape index (κ3) is 22.9. The maximum Gasteiger partial charge on any atom is 0.522 e. The third-order valence-corrected chi connectivity index (χ3v) is 1.61. The highest BCUT2D eigenvalue weighted by Crippen LogP contribution is 2.15. The normalized spacial score (nSPS) is 10.7. The predicted octanol–water partition coefficient (Wildman–Crippen LogP) is 4.01. The Bertz CT molecular complexity index is 109. The van der Waals surface area contributed by atoms with Gasteiger partial charge in [0.2, 0.25) is 0 Å². The third-order valence-electron chi connectivity index (χ3n) is 0.811. The van der Waals surface area contributed by atoms with E-state index < -0.39 is 6.36 Å². The highest BCUT2D eigenvalue weighted by atomic mass is 35.5. The van der Waals surface area contributed by atoms with Gasteiger partial charge in [0.15, 0.2) is 0 Å². The molecule has 88 valence electrons. The average molecular weight is 276 g/mol. The van der Waals surface area contributed by atoms with Gasteiger partial charge in [0.25, 0.3) is 0 Å². The Hall–Kier alpha value is 0.620. The molecule has 0 N–H and O–H groups in total. The summed E-state index contributed by atoms with van der Waals surface area (Å²) in [6, 6.07) is 0. The van der Waals surface area contributed by atoms with Crippen molar-refractivity contribution in [2.45, 2.75) is 19.2 Å². The molecule has 0 aromatic rings. The highest BCUT2D eigenvalue weighted by Gasteiger charge is 2.28. The van der Waals surface area contributed by atoms with E-state index in [1.165, 1.54) is 0 Å². The van der Waals surface area contributed by atoms with Gasteiger partial charge in [-0.2, -0.15) is 0 Å². The van der Waals surface area contributed by atoms with E-state index in [1.807, 2.05) is 0 Å². The van der Waals surface area contributed by atoms with Crippen LogP contribution in [0.25, 0.3) is 0 Å². The minimum atomic E-state index is -4.51. The lowest BCUT2D eigenvalue weighted by molar-refractivity contribution is -0.324. The second-order valence-corrected chi connectivity index (χ2v) is 3.20. The SMILES string of the molecule is ClCCCCl.FC(F)(F)OCCCCl. The van der Waals surface area contributed by atoms with Crippen molar-refractivity contribution < 1.29 is 17.9 Å². The van der Waals surface area contributed by atoms with Crippen LogP contribution in [0.15, 0.2) is 0 Å². The fourth-order valence-electron chi connectivity index (χ4n) is 0.293. The van der Waals surface area contributed by atoms with Gasteiger partial charge in [-0.1, -0.05) is 0 Å². The zero-order chi connectivity index (χ0) is 11.4. The number of alkyl halides is 6. The lowest BCUT2D eigenvalue weighted by Crippen LogP contribution is -2.14. The second-order valence-electron chi connectivity index (χ2n) is 2.07. The molecule has 0 aliphatic rings. The van der Waals surface area contributed by atoms with Crippen molar-refractivity contribution in [3.05, 3.63) is 0 Å². The van der Waals surface area contributed by atoms with E-state index >= 15 is 0 Å². The molecule has 0 aromatic carbocycles. The number of hydrogen-bond donors (Lipinski definition) is 0. The number of hydrogen-bond acceptors (Lipinski definition) is 1. The van der Waals surface area contributed by atoms with Crippen molar-refractivity contribution in [1.82, 2.24) is 0 Å². The van der Waals surface area contributed by atoms with Crippen molar-refractivity contribution in [1.29, 1.82) is 0 Å². The van der Waals surface area contributed by atoms with Crippen molar-refractivity contribution in [2.24, 2.45) is 0 Å². The van der Waals surface area contributed by atoms with Gasteiger partial charge in [-0.05, 0) is 12.8 Å². The summed E-state index contributed by atoms with van der Waals surface area (Å²) < 4.78 is 36.7. The van der Waals surface area contributed by atoms with Crippen LogP contribution in [-0.4, -0.2) is 30.6 Å². The summed E-state index contributed by atoms with van der Waals surface area (Å²) in [5.74, 6) is 1.56. The van der Waals surface area contributed by atoms with Gasteiger partial charge in [0, 0.05) is 17.6 Å². The molecule has 0 rings (SSSR count). The second kappa shape index (κ2) is 11.7. The summed E-state index contributed by atoms with van der Waals surface area (Å²) in [7, 11) is 0. The molecule has 0 aliphatic carbocycles. The molecule has 0 fully saturated rings. The van der Waals surface area contributed by atoms with E-state index in [0.29, 0.717) is 11.8 Å². The molecule has 0 saturated heterocycles. The molecule has 0 saturated carbocycles. The topological polar surface area (TPSA) is 9.23 Å². The molecular weight excluding hydrogens is 263 g/mol. The van der Waals surface area contributed by atoms with Crippen LogP contribution in [0.2, 0.25) is 0 Å². The van der Waals surface area contributed by atoms with Crippen LogP contribution >= 0.6 is 34.8 Å². The van der Waals surface area contributed by atoms with E-state index in [2.05, 4.69) is 4.74 Å². The molecule has 0 amide bonds. The van der Waals surface area contributed by atoms with Crippen LogP contribution in [0.5, 0.6) is 0 Å². The molecule has 0 heterocycles. The summed E-state index contributed by atoms with van der Waals surface area (Å²) in [5, 5.41) is 0. The summed E-state index contributed by atoms with van der Waals surface area (Å²) in [6.45, 7) is -0.354. The van der Waals surface area contributed by atoms with E-state index in [4.69, 9.17) is 34.8 Å². The van der Waals surface area contributed by atoms with Gasteiger partial charge in [-0.3, -0.25) is 4.74 Å². The summed E-state index contributed by atoms with van der Waals surface area (Å²) in [5.41, 5.74) is 0. The monoisotopic (exact) mass is 274 g/mol. The van der Waals surface area contributed by atoms with Gasteiger partial charge in [0.1, 0.15) is 0 Å². The number of halogens is 6. The Labute approximate surface area is 96.5 Å². The molecule has 0 aromatic heterocycles. The quantitative estimate of drug-likeness (QED) is 0.544. The van der Waals surface area contributed by atoms with Crippen molar-refractivity contribution in [2.75, 3.05) is 24.2 Å². The van der Waals surface area contributed by atoms with Crippen LogP contribution in [0.1, 0.15) is 12.8 Å². The van der Waals surface area contributed by atoms with Crippen LogP contribution in [-0.2, 0) is 4.74 Å². The Kier molecular flexibility index (Phi) is 14.2. The molecule has 0 radical (unpaired) electrons. The number of rotatable bonds is 5. The van der Waals surface area contributed by atoms with Crippen molar-refractivity contribution >= 4 is 34.8 Å². The van der Waals surface area contributed by atoms with Crippen LogP contribution < -0.4 is 0 Å². The van der Waals surface area contributed by atoms with Gasteiger partial charge in [-0.25, -0.2) is 0 Å². The molecule has 7 heteroatoms. The Morgan fingerprint density at radius 2 is 1.29 bits per heavy atom. The van der Waals surface area contributed by atoms with Gasteiger partial charge in [0.05, 0.1) is 6.61 Å². The fourth-order valence-corrected chi connectivity index (χ4v) is 0.806. The summed E-state index contributed by atoms with van der Waals surface area (Å²) in [6.07, 6.45) is -3.36. The van der Waals surface area contributed by atoms with E-state index in [9.17, 15) is 13.2 Å². The van der Waals surface area contributed by atoms with E-state index in [1.54, 1.807) is 0 Å². The molecule has 0 aliphatic heterocycles. The zero-order valence-electron chi connectivity index (χ0n) is 7.42. The first-order chi connectivity index (χ1) is 6.47. The maximum absolute atomic E-state index is 11.1. The standard InChI is InChI=1S/C4H6ClF3O.C3H6Cl2/c5-2-1-3-9-4(6,7)8;4-2-1-3-5/h1-3H2;1-3H2. The smallest absolute Gasteiger partial charge is 0.292 e. The van der Waals surface area contributed by atoms with Gasteiger partial charge >= 0.3 is 6.36 Å². The van der Waals surface area contributed by atoms with Gasteiger partial charge in [-0.15, -0.1) is 48.0 Å². The Balaban J connectivity index is 0. The molecule has 0 atom stereocenters. The van der Waals surface area contributed by atoms with Crippen LogP contribution in [0, 0.1) is 0 Å². The minimum absolute atomic E-state index is 0.191. The lowest BCUT2D eigenvalue weighted by atomic mass is 10.5. The molecule has 0 bridgehead atoms. The average Bonchev–Trinajstić information content (AvgIpc) is 2.05. The first kappa shape index (κ1) is 17.0. The van der Waals surface area contributed by atoms with E-state index in [-0.39, 0.29) is 18.9 Å². The minimum Gasteiger partial charge on any atom is -0.292 e. The Morgan fingerprint density at radius 3 is 1.50 bits per heavy atom. The molecule has 0 unspecified atom stereocenters. The Morgan fingerprint density at radius 1 is 0.857 bits per heavy atom. The first-order valence-corrected chi connectivity index (χ1v) is 5.47. The maximum atomic E-state index is 11.1. The molecule has 1 nitrogen and oxygen atoms in total. The largest absolute Gasteiger partial charge is 0.522 e. The first-order valence-electron chi connectivity index (χ1n) is 3.86. The van der Waals surface area contributed by atoms with Crippen LogP contribution in [0.3, 0.4) is 0 Å². The summed E-state index contributed by atoms with van der Waals surface area (Å²) >= 11 is 15.5. The zero-order valence-corrected chi connectivity index (χ0v) is 9.69. The lowest BCUT2D eigenvalue weighted by Gasteiger charge is -2.04. The van der Waals surface area contributed by atoms with Crippen LogP contribution in [0.4, 0.5) is 13.2 Å². The molecular formula is C7H12Cl3F3O. The summed E-state index contributed by atoms with van der Waals surface area (Å²) in [4.78, 5) is 0. The van der Waals surface area contributed by atoms with Gasteiger partial charge < -0.3 is 0 Å². The van der Waals surface area contributed by atoms with Crippen molar-refractivity contribution in [3.63, 3.8) is 0 Å². The predicted molar refractivity (Wildman–Crippen MR) is 53.4 cm³/mol. The molecule has 14 heavy (non-hydrogen) atoms. The van der Waals surface area contributed by atoms with Crippen molar-refractivity contribution in [3.8, 4) is 0 Å². The number of ether oxygens (including phenoxy) is 1. The molecule has 0 spiro atoms. The van der Waals surface area contributed by atoms with E-state index in [0.717, 1.165) is 6.42 Å². The highest BCUT2D eigenvalue weighted by molar-refractivity contribution is 6.20.